The molecular formula is C18H14FN3O. The summed E-state index contributed by atoms with van der Waals surface area (Å²) in [5, 5.41) is 6.98. The number of hydrogen-bond acceptors (Lipinski definition) is 3. The number of benzene rings is 2. The molecular weight excluding hydrogens is 293 g/mol. The Morgan fingerprint density at radius 1 is 1.09 bits per heavy atom. The van der Waals surface area contributed by atoms with E-state index in [4.69, 9.17) is 5.73 Å². The van der Waals surface area contributed by atoms with E-state index in [-0.39, 0.29) is 11.6 Å². The summed E-state index contributed by atoms with van der Waals surface area (Å²) < 4.78 is 12.9. The minimum absolute atomic E-state index is 0.122. The first-order chi connectivity index (χ1) is 11.1. The monoisotopic (exact) mass is 307 g/mol. The molecule has 0 atom stereocenters. The lowest BCUT2D eigenvalue weighted by Crippen LogP contribution is -1.94. The highest BCUT2D eigenvalue weighted by atomic mass is 19.1. The van der Waals surface area contributed by atoms with E-state index < -0.39 is 0 Å². The van der Waals surface area contributed by atoms with Gasteiger partial charge in [0.15, 0.2) is 5.78 Å². The zero-order chi connectivity index (χ0) is 16.2. The second kappa shape index (κ2) is 6.27. The van der Waals surface area contributed by atoms with Crippen LogP contribution in [0.15, 0.2) is 60.7 Å². The van der Waals surface area contributed by atoms with Crippen LogP contribution < -0.4 is 5.73 Å². The number of aromatic nitrogens is 2. The summed E-state index contributed by atoms with van der Waals surface area (Å²) >= 11 is 0. The van der Waals surface area contributed by atoms with Crippen LogP contribution in [-0.2, 0) is 0 Å². The molecule has 0 aliphatic carbocycles. The van der Waals surface area contributed by atoms with E-state index in [1.807, 2.05) is 0 Å². The number of carbonyl (C=O) groups is 1. The number of nitrogens with two attached hydrogens (primary N) is 1. The molecule has 0 unspecified atom stereocenters. The molecule has 0 aliphatic rings. The summed E-state index contributed by atoms with van der Waals surface area (Å²) in [5.41, 5.74) is 8.94. The summed E-state index contributed by atoms with van der Waals surface area (Å²) in [5.74, 6) is -0.415. The van der Waals surface area contributed by atoms with Gasteiger partial charge in [-0.3, -0.25) is 9.89 Å². The summed E-state index contributed by atoms with van der Waals surface area (Å²) in [7, 11) is 0. The van der Waals surface area contributed by atoms with Crippen molar-refractivity contribution in [1.82, 2.24) is 10.2 Å². The maximum absolute atomic E-state index is 12.9. The zero-order valence-corrected chi connectivity index (χ0v) is 12.2. The third-order valence-electron chi connectivity index (χ3n) is 3.35. The van der Waals surface area contributed by atoms with Crippen molar-refractivity contribution in [1.29, 1.82) is 0 Å². The highest BCUT2D eigenvalue weighted by Gasteiger charge is 2.04. The molecule has 0 amide bonds. The molecule has 0 aliphatic heterocycles. The molecule has 0 saturated heterocycles. The number of anilines is 1. The van der Waals surface area contributed by atoms with E-state index in [2.05, 4.69) is 10.2 Å². The van der Waals surface area contributed by atoms with Crippen molar-refractivity contribution in [3.8, 4) is 11.3 Å². The number of allylic oxidation sites excluding steroid dienone is 1. The van der Waals surface area contributed by atoms with E-state index in [0.29, 0.717) is 22.6 Å². The van der Waals surface area contributed by atoms with Gasteiger partial charge in [0.2, 0.25) is 0 Å². The van der Waals surface area contributed by atoms with Crippen molar-refractivity contribution >= 4 is 17.5 Å². The smallest absolute Gasteiger partial charge is 0.185 e. The fourth-order valence-corrected chi connectivity index (χ4v) is 2.10. The second-order valence-electron chi connectivity index (χ2n) is 5.04. The summed E-state index contributed by atoms with van der Waals surface area (Å²) in [4.78, 5) is 12.0. The number of rotatable bonds is 4. The highest BCUT2D eigenvalue weighted by molar-refractivity contribution is 6.06. The van der Waals surface area contributed by atoms with Crippen LogP contribution in [0.25, 0.3) is 17.3 Å². The van der Waals surface area contributed by atoms with Crippen molar-refractivity contribution in [3.05, 3.63) is 77.7 Å². The Bertz CT molecular complexity index is 849. The average molecular weight is 307 g/mol. The molecule has 114 valence electrons. The molecule has 0 spiro atoms. The van der Waals surface area contributed by atoms with Crippen LogP contribution in [0.3, 0.4) is 0 Å². The Morgan fingerprint density at radius 3 is 2.48 bits per heavy atom. The fraction of sp³-hybridized carbons (Fsp3) is 0. The topological polar surface area (TPSA) is 71.8 Å². The Kier molecular flexibility index (Phi) is 4.01. The molecule has 0 saturated carbocycles. The van der Waals surface area contributed by atoms with Gasteiger partial charge in [-0.15, -0.1) is 0 Å². The molecule has 5 heteroatoms. The zero-order valence-electron chi connectivity index (χ0n) is 12.2. The molecule has 3 N–H and O–H groups in total. The minimum atomic E-state index is -0.293. The first kappa shape index (κ1) is 14.7. The standard InChI is InChI=1S/C18H14FN3O/c19-14-5-1-12(2-6-14)17-11-16(21-22-17)9-10-18(23)13-3-7-15(20)8-4-13/h1-11H,20H2,(H,21,22). The third-order valence-corrected chi connectivity index (χ3v) is 3.35. The largest absolute Gasteiger partial charge is 0.399 e. The SMILES string of the molecule is Nc1ccc(C(=O)C=Cc2cc(-c3ccc(F)cc3)n[nH]2)cc1. The number of halogens is 1. The number of aromatic amines is 1. The Labute approximate surface area is 132 Å². The predicted octanol–water partition coefficient (Wildman–Crippen LogP) is 3.69. The van der Waals surface area contributed by atoms with Crippen molar-refractivity contribution in [2.45, 2.75) is 0 Å². The second-order valence-corrected chi connectivity index (χ2v) is 5.04. The lowest BCUT2D eigenvalue weighted by Gasteiger charge is -1.96. The van der Waals surface area contributed by atoms with Crippen molar-refractivity contribution in [2.75, 3.05) is 5.73 Å². The van der Waals surface area contributed by atoms with Gasteiger partial charge in [-0.25, -0.2) is 4.39 Å². The molecule has 1 aromatic heterocycles. The van der Waals surface area contributed by atoms with Crippen LogP contribution in [0.5, 0.6) is 0 Å². The molecule has 3 rings (SSSR count). The normalized spacial score (nSPS) is 11.0. The summed E-state index contributed by atoms with van der Waals surface area (Å²) in [6.07, 6.45) is 3.12. The van der Waals surface area contributed by atoms with Gasteiger partial charge >= 0.3 is 0 Å². The Balaban J connectivity index is 1.74. The number of nitrogens with one attached hydrogen (secondary N) is 1. The quantitative estimate of drug-likeness (QED) is 0.438. The van der Waals surface area contributed by atoms with Gasteiger partial charge in [0, 0.05) is 16.8 Å². The van der Waals surface area contributed by atoms with Crippen molar-refractivity contribution < 1.29 is 9.18 Å². The van der Waals surface area contributed by atoms with Crippen LogP contribution in [0.1, 0.15) is 16.1 Å². The number of H-pyrrole nitrogens is 1. The molecule has 0 radical (unpaired) electrons. The molecule has 0 bridgehead atoms. The first-order valence-electron chi connectivity index (χ1n) is 7.01. The van der Waals surface area contributed by atoms with E-state index in [1.165, 1.54) is 18.2 Å². The number of nitrogens with zero attached hydrogens (tertiary/aromatic N) is 1. The number of hydrogen-bond donors (Lipinski definition) is 2. The maximum atomic E-state index is 12.9. The van der Waals surface area contributed by atoms with E-state index >= 15 is 0 Å². The third kappa shape index (κ3) is 3.52. The van der Waals surface area contributed by atoms with Gasteiger partial charge in [-0.05, 0) is 66.7 Å². The molecule has 2 aromatic carbocycles. The number of carbonyl (C=O) groups excluding carboxylic acids is 1. The molecule has 0 fully saturated rings. The molecule has 3 aromatic rings. The average Bonchev–Trinajstić information content (AvgIpc) is 3.03. The molecule has 4 nitrogen and oxygen atoms in total. The van der Waals surface area contributed by atoms with Gasteiger partial charge in [-0.2, -0.15) is 5.10 Å². The van der Waals surface area contributed by atoms with E-state index in [0.717, 1.165) is 5.56 Å². The molecule has 1 heterocycles. The van der Waals surface area contributed by atoms with Gasteiger partial charge in [0.05, 0.1) is 11.4 Å². The van der Waals surface area contributed by atoms with Crippen LogP contribution in [0, 0.1) is 5.82 Å². The van der Waals surface area contributed by atoms with Gasteiger partial charge in [0.25, 0.3) is 0 Å². The van der Waals surface area contributed by atoms with E-state index in [9.17, 15) is 9.18 Å². The summed E-state index contributed by atoms with van der Waals surface area (Å²) in [6, 6.07) is 14.6. The lowest BCUT2D eigenvalue weighted by atomic mass is 10.1. The first-order valence-corrected chi connectivity index (χ1v) is 7.01. The summed E-state index contributed by atoms with van der Waals surface area (Å²) in [6.45, 7) is 0. The number of ketones is 1. The number of nitrogen functional groups attached to an aromatic ring is 1. The highest BCUT2D eigenvalue weighted by Crippen LogP contribution is 2.18. The Hall–Kier alpha value is -3.21. The van der Waals surface area contributed by atoms with Gasteiger partial charge < -0.3 is 5.73 Å². The van der Waals surface area contributed by atoms with Crippen LogP contribution in [-0.4, -0.2) is 16.0 Å². The van der Waals surface area contributed by atoms with Crippen LogP contribution in [0.4, 0.5) is 10.1 Å². The minimum Gasteiger partial charge on any atom is -0.399 e. The Morgan fingerprint density at radius 2 is 1.78 bits per heavy atom. The van der Waals surface area contributed by atoms with Crippen molar-refractivity contribution in [3.63, 3.8) is 0 Å². The fourth-order valence-electron chi connectivity index (χ4n) is 2.10. The lowest BCUT2D eigenvalue weighted by molar-refractivity contribution is 0.104. The van der Waals surface area contributed by atoms with Gasteiger partial charge in [-0.1, -0.05) is 0 Å². The predicted molar refractivity (Wildman–Crippen MR) is 88.2 cm³/mol. The van der Waals surface area contributed by atoms with Crippen LogP contribution in [0.2, 0.25) is 0 Å². The van der Waals surface area contributed by atoms with E-state index in [1.54, 1.807) is 48.5 Å². The van der Waals surface area contributed by atoms with Crippen LogP contribution >= 0.6 is 0 Å². The van der Waals surface area contributed by atoms with Crippen molar-refractivity contribution in [2.24, 2.45) is 0 Å². The van der Waals surface area contributed by atoms with Gasteiger partial charge in [0.1, 0.15) is 5.82 Å². The maximum Gasteiger partial charge on any atom is 0.185 e. The molecule has 23 heavy (non-hydrogen) atoms.